The third kappa shape index (κ3) is 2.69. The SMILES string of the molecule is CC[C@H](NC(=O)C1(c2ccccc2)CCCC1)C(=O)O. The van der Waals surface area contributed by atoms with Crippen LogP contribution in [-0.4, -0.2) is 23.0 Å². The summed E-state index contributed by atoms with van der Waals surface area (Å²) < 4.78 is 0. The van der Waals surface area contributed by atoms with E-state index in [4.69, 9.17) is 5.11 Å². The number of benzene rings is 1. The topological polar surface area (TPSA) is 66.4 Å². The smallest absolute Gasteiger partial charge is 0.326 e. The second-order valence-electron chi connectivity index (χ2n) is 5.43. The minimum atomic E-state index is -0.970. The van der Waals surface area contributed by atoms with Crippen LogP contribution in [0.3, 0.4) is 0 Å². The van der Waals surface area contributed by atoms with E-state index in [2.05, 4.69) is 5.32 Å². The molecule has 4 heteroatoms. The van der Waals surface area contributed by atoms with Gasteiger partial charge < -0.3 is 10.4 Å². The maximum atomic E-state index is 12.7. The van der Waals surface area contributed by atoms with Crippen molar-refractivity contribution >= 4 is 11.9 Å². The van der Waals surface area contributed by atoms with Crippen LogP contribution in [0.25, 0.3) is 0 Å². The van der Waals surface area contributed by atoms with Gasteiger partial charge in [0.05, 0.1) is 5.41 Å². The molecule has 0 saturated heterocycles. The molecule has 0 unspecified atom stereocenters. The third-order valence-corrected chi connectivity index (χ3v) is 4.23. The van der Waals surface area contributed by atoms with Gasteiger partial charge in [0.1, 0.15) is 6.04 Å². The van der Waals surface area contributed by atoms with Crippen LogP contribution in [0.2, 0.25) is 0 Å². The molecule has 0 aromatic heterocycles. The van der Waals surface area contributed by atoms with Gasteiger partial charge in [-0.05, 0) is 24.8 Å². The van der Waals surface area contributed by atoms with Gasteiger partial charge in [-0.3, -0.25) is 4.79 Å². The molecule has 1 aromatic rings. The zero-order valence-electron chi connectivity index (χ0n) is 11.8. The summed E-state index contributed by atoms with van der Waals surface area (Å²) in [4.78, 5) is 23.8. The Labute approximate surface area is 119 Å². The van der Waals surface area contributed by atoms with Gasteiger partial charge in [0.15, 0.2) is 0 Å². The summed E-state index contributed by atoms with van der Waals surface area (Å²) in [5.41, 5.74) is 0.444. The molecule has 1 amide bonds. The molecule has 1 saturated carbocycles. The number of rotatable bonds is 5. The summed E-state index contributed by atoms with van der Waals surface area (Å²) in [5.74, 6) is -1.11. The highest BCUT2D eigenvalue weighted by molar-refractivity contribution is 5.91. The van der Waals surface area contributed by atoms with Gasteiger partial charge in [-0.1, -0.05) is 50.1 Å². The van der Waals surface area contributed by atoms with E-state index in [9.17, 15) is 9.59 Å². The number of hydrogen-bond acceptors (Lipinski definition) is 2. The van der Waals surface area contributed by atoms with Gasteiger partial charge in [0.2, 0.25) is 5.91 Å². The lowest BCUT2D eigenvalue weighted by Crippen LogP contribution is -2.49. The van der Waals surface area contributed by atoms with Crippen molar-refractivity contribution in [3.8, 4) is 0 Å². The van der Waals surface area contributed by atoms with Gasteiger partial charge in [0.25, 0.3) is 0 Å². The molecule has 1 atom stereocenters. The van der Waals surface area contributed by atoms with Crippen LogP contribution in [0.5, 0.6) is 0 Å². The van der Waals surface area contributed by atoms with Gasteiger partial charge in [0, 0.05) is 0 Å². The normalized spacial score (nSPS) is 18.4. The highest BCUT2D eigenvalue weighted by Gasteiger charge is 2.43. The number of carboxylic acid groups (broad SMARTS) is 1. The lowest BCUT2D eigenvalue weighted by atomic mass is 9.78. The monoisotopic (exact) mass is 275 g/mol. The van der Waals surface area contributed by atoms with E-state index in [1.165, 1.54) is 0 Å². The fourth-order valence-electron chi connectivity index (χ4n) is 3.02. The molecule has 2 rings (SSSR count). The molecule has 4 nitrogen and oxygen atoms in total. The highest BCUT2D eigenvalue weighted by atomic mass is 16.4. The van der Waals surface area contributed by atoms with Crippen LogP contribution >= 0.6 is 0 Å². The summed E-state index contributed by atoms with van der Waals surface area (Å²) in [5, 5.41) is 11.8. The molecule has 2 N–H and O–H groups in total. The van der Waals surface area contributed by atoms with Gasteiger partial charge in [-0.15, -0.1) is 0 Å². The summed E-state index contributed by atoms with van der Waals surface area (Å²) in [6.07, 6.45) is 3.99. The van der Waals surface area contributed by atoms with E-state index in [-0.39, 0.29) is 5.91 Å². The Hall–Kier alpha value is -1.84. The molecule has 1 aromatic carbocycles. The molecule has 0 radical (unpaired) electrons. The molecule has 1 aliphatic carbocycles. The van der Waals surface area contributed by atoms with Crippen molar-refractivity contribution in [3.05, 3.63) is 35.9 Å². The third-order valence-electron chi connectivity index (χ3n) is 4.23. The van der Waals surface area contributed by atoms with E-state index < -0.39 is 17.4 Å². The van der Waals surface area contributed by atoms with Gasteiger partial charge in [-0.2, -0.15) is 0 Å². The lowest BCUT2D eigenvalue weighted by Gasteiger charge is -2.29. The van der Waals surface area contributed by atoms with E-state index >= 15 is 0 Å². The Morgan fingerprint density at radius 2 is 1.85 bits per heavy atom. The Balaban J connectivity index is 2.25. The summed E-state index contributed by atoms with van der Waals surface area (Å²) in [6, 6.07) is 8.91. The molecule has 0 aliphatic heterocycles. The maximum absolute atomic E-state index is 12.7. The van der Waals surface area contributed by atoms with Crippen molar-refractivity contribution in [2.75, 3.05) is 0 Å². The van der Waals surface area contributed by atoms with Crippen LogP contribution in [-0.2, 0) is 15.0 Å². The molecular weight excluding hydrogens is 254 g/mol. The van der Waals surface area contributed by atoms with Crippen molar-refractivity contribution < 1.29 is 14.7 Å². The molecule has 108 valence electrons. The van der Waals surface area contributed by atoms with Crippen LogP contribution in [0.4, 0.5) is 0 Å². The zero-order chi connectivity index (χ0) is 14.6. The van der Waals surface area contributed by atoms with Crippen LogP contribution in [0.15, 0.2) is 30.3 Å². The molecule has 20 heavy (non-hydrogen) atoms. The fourth-order valence-corrected chi connectivity index (χ4v) is 3.02. The van der Waals surface area contributed by atoms with Crippen molar-refractivity contribution in [3.63, 3.8) is 0 Å². The number of aliphatic carboxylic acids is 1. The number of nitrogens with one attached hydrogen (secondary N) is 1. The second kappa shape index (κ2) is 6.07. The predicted molar refractivity (Wildman–Crippen MR) is 76.4 cm³/mol. The second-order valence-corrected chi connectivity index (χ2v) is 5.43. The van der Waals surface area contributed by atoms with Crippen molar-refractivity contribution in [1.29, 1.82) is 0 Å². The highest BCUT2D eigenvalue weighted by Crippen LogP contribution is 2.41. The van der Waals surface area contributed by atoms with E-state index in [1.54, 1.807) is 6.92 Å². The van der Waals surface area contributed by atoms with E-state index in [1.807, 2.05) is 30.3 Å². The first-order valence-electron chi connectivity index (χ1n) is 7.19. The average molecular weight is 275 g/mol. The van der Waals surface area contributed by atoms with E-state index in [0.717, 1.165) is 31.2 Å². The fraction of sp³-hybridized carbons (Fsp3) is 0.500. The first kappa shape index (κ1) is 14.6. The lowest BCUT2D eigenvalue weighted by molar-refractivity contribution is -0.142. The molecule has 0 heterocycles. The Kier molecular flexibility index (Phi) is 4.42. The predicted octanol–water partition coefficient (Wildman–Crippen LogP) is 2.48. The average Bonchev–Trinajstić information content (AvgIpc) is 2.96. The van der Waals surface area contributed by atoms with Crippen LogP contribution in [0, 0.1) is 0 Å². The van der Waals surface area contributed by atoms with Gasteiger partial charge >= 0.3 is 5.97 Å². The van der Waals surface area contributed by atoms with E-state index in [0.29, 0.717) is 6.42 Å². The largest absolute Gasteiger partial charge is 0.480 e. The number of carbonyl (C=O) groups excluding carboxylic acids is 1. The molecule has 1 fully saturated rings. The first-order valence-corrected chi connectivity index (χ1v) is 7.19. The minimum absolute atomic E-state index is 0.143. The zero-order valence-corrected chi connectivity index (χ0v) is 11.8. The minimum Gasteiger partial charge on any atom is -0.480 e. The Morgan fingerprint density at radius 3 is 2.35 bits per heavy atom. The molecular formula is C16H21NO3. The van der Waals surface area contributed by atoms with Crippen LogP contribution in [0.1, 0.15) is 44.6 Å². The van der Waals surface area contributed by atoms with Crippen molar-refractivity contribution in [2.45, 2.75) is 50.5 Å². The number of carboxylic acids is 1. The first-order chi connectivity index (χ1) is 9.60. The molecule has 0 spiro atoms. The van der Waals surface area contributed by atoms with Crippen molar-refractivity contribution in [1.82, 2.24) is 5.32 Å². The van der Waals surface area contributed by atoms with Gasteiger partial charge in [-0.25, -0.2) is 4.79 Å². The summed E-state index contributed by atoms with van der Waals surface area (Å²) >= 11 is 0. The number of hydrogen-bond donors (Lipinski definition) is 2. The number of carbonyl (C=O) groups is 2. The molecule has 0 bridgehead atoms. The van der Waals surface area contributed by atoms with Crippen molar-refractivity contribution in [2.24, 2.45) is 0 Å². The number of amides is 1. The quantitative estimate of drug-likeness (QED) is 0.867. The standard InChI is InChI=1S/C16H21NO3/c1-2-13(14(18)19)17-15(20)16(10-6-7-11-16)12-8-4-3-5-9-12/h3-5,8-9,13H,2,6-7,10-11H2,1H3,(H,17,20)(H,18,19)/t13-/m0/s1. The maximum Gasteiger partial charge on any atom is 0.326 e. The summed E-state index contributed by atoms with van der Waals surface area (Å²) in [6.45, 7) is 1.77. The summed E-state index contributed by atoms with van der Waals surface area (Å²) in [7, 11) is 0. The van der Waals surface area contributed by atoms with Crippen LogP contribution < -0.4 is 5.32 Å². The molecule has 1 aliphatic rings. The Morgan fingerprint density at radius 1 is 1.25 bits per heavy atom. The Bertz CT molecular complexity index is 478.